The fourth-order valence-electron chi connectivity index (χ4n) is 3.83. The third kappa shape index (κ3) is 21.9. The molecule has 0 saturated carbocycles. The van der Waals surface area contributed by atoms with Crippen molar-refractivity contribution in [2.75, 3.05) is 33.4 Å². The molecule has 1 unspecified atom stereocenters. The summed E-state index contributed by atoms with van der Waals surface area (Å²) in [4.78, 5) is 12.4. The number of ether oxygens (including phenoxy) is 1. The lowest BCUT2D eigenvalue weighted by Crippen LogP contribution is -2.27. The number of carbonyl (C=O) groups excluding carboxylic acids is 1. The molecule has 0 fully saturated rings. The second kappa shape index (κ2) is 23.7. The van der Waals surface area contributed by atoms with E-state index in [1.165, 1.54) is 83.5 Å². The smallest absolute Gasteiger partial charge is 0.220 e. The molecule has 4 nitrogen and oxygen atoms in total. The van der Waals surface area contributed by atoms with Gasteiger partial charge in [-0.05, 0) is 38.1 Å². The highest BCUT2D eigenvalue weighted by molar-refractivity contribution is 5.76. The Kier molecular flexibility index (Phi) is 23.2. The Bertz CT molecular complexity index is 337. The van der Waals surface area contributed by atoms with E-state index in [1.807, 2.05) is 0 Å². The van der Waals surface area contributed by atoms with Crippen LogP contribution in [0.4, 0.5) is 0 Å². The number of methoxy groups -OCH3 is 1. The molecule has 2 N–H and O–H groups in total. The van der Waals surface area contributed by atoms with Crippen LogP contribution in [-0.2, 0) is 9.53 Å². The molecular formula is C25H52N2O2. The Balaban J connectivity index is 3.86. The van der Waals surface area contributed by atoms with Crippen molar-refractivity contribution in [2.24, 2.45) is 5.92 Å². The predicted molar refractivity (Wildman–Crippen MR) is 126 cm³/mol. The molecule has 0 aromatic rings. The van der Waals surface area contributed by atoms with Crippen LogP contribution in [0.5, 0.6) is 0 Å². The molecule has 4 heteroatoms. The van der Waals surface area contributed by atoms with Gasteiger partial charge in [0.25, 0.3) is 0 Å². The van der Waals surface area contributed by atoms with Gasteiger partial charge in [-0.3, -0.25) is 4.79 Å². The minimum absolute atomic E-state index is 0.273. The molecule has 0 bridgehead atoms. The Hall–Kier alpha value is -0.610. The van der Waals surface area contributed by atoms with Crippen molar-refractivity contribution in [1.29, 1.82) is 0 Å². The number of carbonyl (C=O) groups is 1. The van der Waals surface area contributed by atoms with Crippen molar-refractivity contribution in [3.8, 4) is 0 Å². The Labute approximate surface area is 182 Å². The van der Waals surface area contributed by atoms with Crippen molar-refractivity contribution in [2.45, 2.75) is 117 Å². The summed E-state index contributed by atoms with van der Waals surface area (Å²) >= 11 is 0. The number of amides is 1. The first-order valence-electron chi connectivity index (χ1n) is 12.7. The van der Waals surface area contributed by atoms with E-state index in [0.717, 1.165) is 45.5 Å². The first-order valence-corrected chi connectivity index (χ1v) is 12.7. The molecule has 174 valence electrons. The summed E-state index contributed by atoms with van der Waals surface area (Å²) in [5.41, 5.74) is 0. The van der Waals surface area contributed by atoms with Crippen LogP contribution in [0, 0.1) is 5.92 Å². The van der Waals surface area contributed by atoms with E-state index in [9.17, 15) is 4.79 Å². The molecule has 1 amide bonds. The highest BCUT2D eigenvalue weighted by Crippen LogP contribution is 2.22. The normalized spacial score (nSPS) is 12.2. The average molecular weight is 413 g/mol. The van der Waals surface area contributed by atoms with Crippen LogP contribution in [0.3, 0.4) is 0 Å². The van der Waals surface area contributed by atoms with Crippen LogP contribution < -0.4 is 10.6 Å². The topological polar surface area (TPSA) is 50.4 Å². The molecule has 29 heavy (non-hydrogen) atoms. The van der Waals surface area contributed by atoms with Crippen LogP contribution in [0.1, 0.15) is 117 Å². The van der Waals surface area contributed by atoms with Gasteiger partial charge in [0.2, 0.25) is 5.91 Å². The van der Waals surface area contributed by atoms with Crippen molar-refractivity contribution in [3.63, 3.8) is 0 Å². The number of hydrogen-bond donors (Lipinski definition) is 2. The molecule has 0 spiro atoms. The highest BCUT2D eigenvalue weighted by atomic mass is 16.5. The van der Waals surface area contributed by atoms with E-state index in [2.05, 4.69) is 24.5 Å². The molecule has 0 aliphatic carbocycles. The maximum Gasteiger partial charge on any atom is 0.220 e. The molecule has 0 radical (unpaired) electrons. The lowest BCUT2D eigenvalue weighted by Gasteiger charge is -2.17. The van der Waals surface area contributed by atoms with Gasteiger partial charge >= 0.3 is 0 Å². The van der Waals surface area contributed by atoms with E-state index in [1.54, 1.807) is 7.11 Å². The summed E-state index contributed by atoms with van der Waals surface area (Å²) in [7, 11) is 1.73. The van der Waals surface area contributed by atoms with Crippen molar-refractivity contribution in [3.05, 3.63) is 0 Å². The minimum Gasteiger partial charge on any atom is -0.383 e. The molecule has 0 aromatic carbocycles. The highest BCUT2D eigenvalue weighted by Gasteiger charge is 2.13. The summed E-state index contributed by atoms with van der Waals surface area (Å²) in [5.74, 6) is 0.859. The van der Waals surface area contributed by atoms with Gasteiger partial charge in [0.15, 0.2) is 0 Å². The first-order chi connectivity index (χ1) is 14.2. The first kappa shape index (κ1) is 28.4. The van der Waals surface area contributed by atoms with Crippen LogP contribution in [-0.4, -0.2) is 39.3 Å². The lowest BCUT2D eigenvalue weighted by atomic mass is 9.91. The van der Waals surface area contributed by atoms with Crippen LogP contribution in [0.25, 0.3) is 0 Å². The number of rotatable bonds is 23. The van der Waals surface area contributed by atoms with Crippen molar-refractivity contribution in [1.82, 2.24) is 10.6 Å². The fourth-order valence-corrected chi connectivity index (χ4v) is 3.83. The van der Waals surface area contributed by atoms with Gasteiger partial charge in [-0.1, -0.05) is 84.5 Å². The fraction of sp³-hybridized carbons (Fsp3) is 0.960. The van der Waals surface area contributed by atoms with E-state index in [4.69, 9.17) is 4.74 Å². The molecule has 0 aliphatic rings. The second-order valence-corrected chi connectivity index (χ2v) is 8.63. The summed E-state index contributed by atoms with van der Waals surface area (Å²) in [5, 5.41) is 6.53. The molecule has 0 saturated heterocycles. The van der Waals surface area contributed by atoms with Gasteiger partial charge in [0.1, 0.15) is 0 Å². The van der Waals surface area contributed by atoms with E-state index in [0.29, 0.717) is 5.92 Å². The summed E-state index contributed by atoms with van der Waals surface area (Å²) in [6.45, 7) is 8.09. The quantitative estimate of drug-likeness (QED) is 0.195. The summed E-state index contributed by atoms with van der Waals surface area (Å²) in [6, 6.07) is 0. The van der Waals surface area contributed by atoms with Crippen LogP contribution in [0.2, 0.25) is 0 Å². The summed E-state index contributed by atoms with van der Waals surface area (Å²) in [6.07, 6.45) is 19.9. The maximum absolute atomic E-state index is 12.4. The zero-order chi connectivity index (χ0) is 21.4. The molecule has 0 heterocycles. The summed E-state index contributed by atoms with van der Waals surface area (Å²) < 4.78 is 5.02. The average Bonchev–Trinajstić information content (AvgIpc) is 2.72. The van der Waals surface area contributed by atoms with Gasteiger partial charge in [-0.25, -0.2) is 0 Å². The lowest BCUT2D eigenvalue weighted by molar-refractivity contribution is -0.122. The third-order valence-electron chi connectivity index (χ3n) is 5.74. The van der Waals surface area contributed by atoms with E-state index < -0.39 is 0 Å². The van der Waals surface area contributed by atoms with Crippen LogP contribution >= 0.6 is 0 Å². The van der Waals surface area contributed by atoms with Gasteiger partial charge in [0.05, 0.1) is 6.61 Å². The predicted octanol–water partition coefficient (Wildman–Crippen LogP) is 6.24. The van der Waals surface area contributed by atoms with Crippen LogP contribution in [0.15, 0.2) is 0 Å². The number of unbranched alkanes of at least 4 members (excludes halogenated alkanes) is 10. The van der Waals surface area contributed by atoms with E-state index in [-0.39, 0.29) is 5.91 Å². The zero-order valence-corrected chi connectivity index (χ0v) is 20.0. The Morgan fingerprint density at radius 1 is 0.724 bits per heavy atom. The largest absolute Gasteiger partial charge is 0.383 e. The van der Waals surface area contributed by atoms with Gasteiger partial charge in [-0.2, -0.15) is 0 Å². The standard InChI is InChI=1S/C25H52N2O2/c1-4-6-8-10-11-14-18-24(17-13-9-7-5-2)23-25(28)27-20-16-12-15-19-26-21-22-29-3/h24,26H,4-23H2,1-3H3,(H,27,28). The minimum atomic E-state index is 0.273. The third-order valence-corrected chi connectivity index (χ3v) is 5.74. The molecule has 0 aliphatic heterocycles. The SMILES string of the molecule is CCCCCCCCC(CCCCCC)CC(=O)NCCCCCNCCOC. The van der Waals surface area contributed by atoms with Gasteiger partial charge in [-0.15, -0.1) is 0 Å². The number of hydrogen-bond acceptors (Lipinski definition) is 3. The van der Waals surface area contributed by atoms with Gasteiger partial charge in [0, 0.05) is 26.6 Å². The monoisotopic (exact) mass is 412 g/mol. The van der Waals surface area contributed by atoms with Gasteiger partial charge < -0.3 is 15.4 Å². The maximum atomic E-state index is 12.4. The van der Waals surface area contributed by atoms with Crippen molar-refractivity contribution >= 4 is 5.91 Å². The second-order valence-electron chi connectivity index (χ2n) is 8.63. The van der Waals surface area contributed by atoms with Crippen molar-refractivity contribution < 1.29 is 9.53 Å². The molecule has 1 atom stereocenters. The molecule has 0 aromatic heterocycles. The zero-order valence-electron chi connectivity index (χ0n) is 20.0. The Morgan fingerprint density at radius 2 is 1.28 bits per heavy atom. The van der Waals surface area contributed by atoms with E-state index >= 15 is 0 Å². The Morgan fingerprint density at radius 3 is 1.93 bits per heavy atom. The molecular weight excluding hydrogens is 360 g/mol. The molecule has 0 rings (SSSR count). The number of nitrogens with one attached hydrogen (secondary N) is 2.